The number of hydrogen-bond acceptors (Lipinski definition) is 6. The zero-order valence-corrected chi connectivity index (χ0v) is 31.3. The topological polar surface area (TPSA) is 82.1 Å². The molecular formula is C45H39O6Y-. The summed E-state index contributed by atoms with van der Waals surface area (Å²) >= 11 is 0. The molecular weight excluding hydrogens is 725 g/mol. The van der Waals surface area contributed by atoms with Crippen molar-refractivity contribution in [2.24, 2.45) is 0 Å². The third kappa shape index (κ3) is 8.04. The van der Waals surface area contributed by atoms with Gasteiger partial charge in [0.2, 0.25) is 0 Å². The molecule has 6 nitrogen and oxygen atoms in total. The maximum absolute atomic E-state index is 12.8. The average Bonchev–Trinajstić information content (AvgIpc) is 3.14. The minimum absolute atomic E-state index is 0. The number of ketones is 2. The van der Waals surface area contributed by atoms with Gasteiger partial charge in [-0.1, -0.05) is 91.9 Å². The van der Waals surface area contributed by atoms with Gasteiger partial charge in [-0.2, -0.15) is 24.3 Å². The molecule has 0 aromatic heterocycles. The molecule has 0 fully saturated rings. The molecule has 1 N–H and O–H groups in total. The van der Waals surface area contributed by atoms with Crippen molar-refractivity contribution in [3.63, 3.8) is 0 Å². The molecule has 0 atom stereocenters. The molecule has 0 spiro atoms. The first-order valence-electron chi connectivity index (χ1n) is 16.5. The summed E-state index contributed by atoms with van der Waals surface area (Å²) in [5.74, 6) is 1.68. The first-order chi connectivity index (χ1) is 24.4. The van der Waals surface area contributed by atoms with Crippen molar-refractivity contribution in [1.82, 2.24) is 0 Å². The second-order valence-corrected chi connectivity index (χ2v) is 12.4. The van der Waals surface area contributed by atoms with Crippen molar-refractivity contribution in [3.05, 3.63) is 189 Å². The Morgan fingerprint density at radius 1 is 0.673 bits per heavy atom. The number of carbonyl (C=O) groups is 2. The zero-order chi connectivity index (χ0) is 34.6. The van der Waals surface area contributed by atoms with Gasteiger partial charge in [-0.05, 0) is 65.3 Å². The number of rotatable bonds is 7. The Kier molecular flexibility index (Phi) is 12.5. The van der Waals surface area contributed by atoms with Gasteiger partial charge in [-0.25, -0.2) is 0 Å². The van der Waals surface area contributed by atoms with E-state index in [1.165, 1.54) is 6.07 Å². The maximum atomic E-state index is 12.8. The fraction of sp³-hybridized carbons (Fsp3) is 0.156. The molecule has 8 rings (SSSR count). The quantitative estimate of drug-likeness (QED) is 0.163. The number of phenolic OH excluding ortho intramolecular Hbond substituents is 1. The average molecular weight is 765 g/mol. The van der Waals surface area contributed by atoms with Crippen LogP contribution >= 0.6 is 0 Å². The second kappa shape index (κ2) is 17.0. The van der Waals surface area contributed by atoms with E-state index in [0.717, 1.165) is 38.9 Å². The molecule has 0 bridgehead atoms. The normalized spacial score (nSPS) is 11.9. The molecule has 7 heteroatoms. The predicted octanol–water partition coefficient (Wildman–Crippen LogP) is 9.26. The molecule has 0 heterocycles. The van der Waals surface area contributed by atoms with Crippen molar-refractivity contribution in [3.8, 4) is 23.0 Å². The van der Waals surface area contributed by atoms with Crippen LogP contribution in [-0.2, 0) is 58.8 Å². The molecule has 0 aliphatic heterocycles. The largest absolute Gasteiger partial charge is 0.507 e. The van der Waals surface area contributed by atoms with Crippen LogP contribution < -0.4 is 14.2 Å². The molecule has 2 aliphatic rings. The number of aromatic hydroxyl groups is 1. The predicted molar refractivity (Wildman–Crippen MR) is 198 cm³/mol. The molecule has 2 aliphatic carbocycles. The van der Waals surface area contributed by atoms with E-state index in [1.54, 1.807) is 13.2 Å². The Labute approximate surface area is 330 Å². The van der Waals surface area contributed by atoms with Crippen LogP contribution in [0.15, 0.2) is 121 Å². The fourth-order valence-electron chi connectivity index (χ4n) is 6.54. The van der Waals surface area contributed by atoms with E-state index in [4.69, 9.17) is 14.2 Å². The molecule has 6 aromatic rings. The van der Waals surface area contributed by atoms with Crippen LogP contribution in [0.4, 0.5) is 0 Å². The molecule has 0 unspecified atom stereocenters. The van der Waals surface area contributed by atoms with Crippen LogP contribution in [0.2, 0.25) is 0 Å². The number of fused-ring (bicyclic) bond motifs is 4. The summed E-state index contributed by atoms with van der Waals surface area (Å²) in [6, 6.07) is 41.4. The van der Waals surface area contributed by atoms with Gasteiger partial charge in [0.15, 0.2) is 5.78 Å². The number of benzene rings is 6. The molecule has 1 radical (unpaired) electrons. The minimum atomic E-state index is -0.118. The summed E-state index contributed by atoms with van der Waals surface area (Å²) in [6.07, 6.45) is 1.27. The van der Waals surface area contributed by atoms with Crippen molar-refractivity contribution < 1.29 is 61.6 Å². The van der Waals surface area contributed by atoms with E-state index in [2.05, 4.69) is 6.07 Å². The van der Waals surface area contributed by atoms with Gasteiger partial charge in [-0.3, -0.25) is 4.79 Å². The van der Waals surface area contributed by atoms with Crippen LogP contribution in [0.3, 0.4) is 0 Å². The van der Waals surface area contributed by atoms with Crippen LogP contribution in [-0.4, -0.2) is 23.8 Å². The van der Waals surface area contributed by atoms with E-state index in [-0.39, 0.29) is 57.5 Å². The van der Waals surface area contributed by atoms with E-state index in [1.807, 2.05) is 116 Å². The molecule has 0 saturated carbocycles. The van der Waals surface area contributed by atoms with Crippen LogP contribution in [0, 0.1) is 13.0 Å². The monoisotopic (exact) mass is 764 g/mol. The van der Waals surface area contributed by atoms with Gasteiger partial charge in [0.05, 0.1) is 18.2 Å². The summed E-state index contributed by atoms with van der Waals surface area (Å²) in [6.45, 7) is 2.90. The SMILES string of the molecule is C.COc1cc(OCc2ccccc2)cc2c1C(=O)c1ccc[c-]c1C2.Cc1cccc2c1Cc1cc(OCc3ccccc3)cc(O)c1C2=O.[Y]. The number of aryl methyl sites for hydroxylation is 1. The fourth-order valence-corrected chi connectivity index (χ4v) is 6.54. The Balaban J connectivity index is 0.000000194. The molecule has 0 saturated heterocycles. The van der Waals surface area contributed by atoms with Gasteiger partial charge in [0.25, 0.3) is 0 Å². The van der Waals surface area contributed by atoms with E-state index >= 15 is 0 Å². The number of phenols is 1. The Morgan fingerprint density at radius 3 is 1.88 bits per heavy atom. The first-order valence-corrected chi connectivity index (χ1v) is 16.5. The van der Waals surface area contributed by atoms with Crippen LogP contribution in [0.5, 0.6) is 23.0 Å². The Morgan fingerprint density at radius 2 is 1.25 bits per heavy atom. The van der Waals surface area contributed by atoms with Crippen molar-refractivity contribution >= 4 is 11.6 Å². The van der Waals surface area contributed by atoms with Crippen molar-refractivity contribution in [2.45, 2.75) is 40.4 Å². The van der Waals surface area contributed by atoms with Gasteiger partial charge in [-0.15, -0.1) is 5.56 Å². The summed E-state index contributed by atoms with van der Waals surface area (Å²) in [5, 5.41) is 10.4. The Bertz CT molecular complexity index is 2210. The summed E-state index contributed by atoms with van der Waals surface area (Å²) in [5.41, 5.74) is 9.32. The van der Waals surface area contributed by atoms with Crippen LogP contribution in [0.1, 0.15) is 78.2 Å². The third-order valence-electron chi connectivity index (χ3n) is 9.08. The second-order valence-electron chi connectivity index (χ2n) is 12.4. The smallest absolute Gasteiger partial charge is 0.197 e. The van der Waals surface area contributed by atoms with Gasteiger partial charge >= 0.3 is 0 Å². The standard InChI is InChI=1S/C22H18O3.C22H17O3.CH4.Y/c1-14-6-5-9-18-19(14)11-16-10-17(12-20(23)21(16)22(18)24)25-13-15-7-3-2-4-8-15;1-24-20-13-18(25-14-15-7-3-2-4-8-15)12-17-11-16-9-5-6-10-19(16)22(23)21(17)20;;/h2-10,12,23H,11,13H2,1H3;2-8,10,12-13H,11,14H2,1H3;1H4;/q;-1;;. The van der Waals surface area contributed by atoms with E-state index in [0.29, 0.717) is 65.6 Å². The summed E-state index contributed by atoms with van der Waals surface area (Å²) in [7, 11) is 1.58. The van der Waals surface area contributed by atoms with Crippen molar-refractivity contribution in [1.29, 1.82) is 0 Å². The zero-order valence-electron chi connectivity index (χ0n) is 28.4. The maximum Gasteiger partial charge on any atom is 0.197 e. The molecule has 259 valence electrons. The summed E-state index contributed by atoms with van der Waals surface area (Å²) < 4.78 is 17.2. The third-order valence-corrected chi connectivity index (χ3v) is 9.08. The molecule has 0 amide bonds. The van der Waals surface area contributed by atoms with Gasteiger partial charge in [0, 0.05) is 50.4 Å². The Hall–Kier alpha value is -5.04. The van der Waals surface area contributed by atoms with Gasteiger partial charge < -0.3 is 24.1 Å². The molecule has 52 heavy (non-hydrogen) atoms. The van der Waals surface area contributed by atoms with Crippen LogP contribution in [0.25, 0.3) is 0 Å². The van der Waals surface area contributed by atoms with E-state index in [9.17, 15) is 14.7 Å². The van der Waals surface area contributed by atoms with Crippen molar-refractivity contribution in [2.75, 3.05) is 7.11 Å². The number of ether oxygens (including phenoxy) is 3. The minimum Gasteiger partial charge on any atom is -0.507 e. The summed E-state index contributed by atoms with van der Waals surface area (Å²) in [4.78, 5) is 25.6. The van der Waals surface area contributed by atoms with E-state index < -0.39 is 0 Å². The number of carbonyl (C=O) groups excluding carboxylic acids is 2. The molecule has 6 aromatic carbocycles. The number of hydrogen-bond donors (Lipinski definition) is 1. The first kappa shape index (κ1) is 38.2. The number of methoxy groups -OCH3 is 1. The van der Waals surface area contributed by atoms with Gasteiger partial charge in [0.1, 0.15) is 42.0 Å².